The van der Waals surface area contributed by atoms with Crippen LogP contribution in [0.15, 0.2) is 48.5 Å². The Morgan fingerprint density at radius 3 is 2.40 bits per heavy atom. The van der Waals surface area contributed by atoms with Gasteiger partial charge in [0.25, 0.3) is 0 Å². The number of benzene rings is 2. The third kappa shape index (κ3) is 3.31. The van der Waals surface area contributed by atoms with Crippen LogP contribution in [0.5, 0.6) is 11.5 Å². The second kappa shape index (κ2) is 5.97. The lowest BCUT2D eigenvalue weighted by atomic mass is 9.97. The van der Waals surface area contributed by atoms with Gasteiger partial charge in [-0.3, -0.25) is 0 Å². The van der Waals surface area contributed by atoms with E-state index in [1.165, 1.54) is 0 Å². The highest BCUT2D eigenvalue weighted by atomic mass is 16.5. The Morgan fingerprint density at radius 1 is 1.05 bits per heavy atom. The molecule has 1 N–H and O–H groups in total. The molecular formula is C17H20O3. The Morgan fingerprint density at radius 2 is 1.75 bits per heavy atom. The molecule has 0 aliphatic carbocycles. The Hall–Kier alpha value is -2.00. The zero-order chi connectivity index (χ0) is 14.6. The van der Waals surface area contributed by atoms with Gasteiger partial charge in [-0.1, -0.05) is 36.4 Å². The highest BCUT2D eigenvalue weighted by molar-refractivity contribution is 5.42. The molecule has 1 atom stereocenters. The molecule has 3 heteroatoms. The summed E-state index contributed by atoms with van der Waals surface area (Å²) in [5.41, 5.74) is 0.882. The smallest absolute Gasteiger partial charge is 0.161 e. The summed E-state index contributed by atoms with van der Waals surface area (Å²) in [7, 11) is 1.61. The summed E-state index contributed by atoms with van der Waals surface area (Å²) in [5, 5.41) is 10.5. The number of hydrogen-bond donors (Lipinski definition) is 1. The van der Waals surface area contributed by atoms with Crippen LogP contribution < -0.4 is 9.47 Å². The Bertz CT molecular complexity index is 562. The van der Waals surface area contributed by atoms with Gasteiger partial charge in [0, 0.05) is 0 Å². The molecule has 0 amide bonds. The molecule has 0 fully saturated rings. The first kappa shape index (κ1) is 14.4. The van der Waals surface area contributed by atoms with E-state index in [-0.39, 0.29) is 6.61 Å². The van der Waals surface area contributed by atoms with Crippen LogP contribution in [0, 0.1) is 6.92 Å². The second-order valence-electron chi connectivity index (χ2n) is 5.08. The number of aliphatic hydroxyl groups is 1. The van der Waals surface area contributed by atoms with Gasteiger partial charge >= 0.3 is 0 Å². The summed E-state index contributed by atoms with van der Waals surface area (Å²) in [6.45, 7) is 3.89. The molecule has 0 radical (unpaired) electrons. The van der Waals surface area contributed by atoms with Crippen LogP contribution in [-0.2, 0) is 5.60 Å². The molecule has 1 unspecified atom stereocenters. The van der Waals surface area contributed by atoms with Gasteiger partial charge in [-0.15, -0.1) is 0 Å². The van der Waals surface area contributed by atoms with E-state index in [2.05, 4.69) is 0 Å². The molecule has 2 aromatic rings. The van der Waals surface area contributed by atoms with Crippen LogP contribution in [0.25, 0.3) is 0 Å². The van der Waals surface area contributed by atoms with Crippen LogP contribution in [0.4, 0.5) is 0 Å². The Balaban J connectivity index is 2.12. The average molecular weight is 272 g/mol. The Labute approximate surface area is 119 Å². The number of methoxy groups -OCH3 is 1. The molecule has 0 aromatic heterocycles. The topological polar surface area (TPSA) is 38.7 Å². The lowest BCUT2D eigenvalue weighted by molar-refractivity contribution is 0.00686. The van der Waals surface area contributed by atoms with Crippen molar-refractivity contribution in [2.24, 2.45) is 0 Å². The molecule has 0 aliphatic rings. The van der Waals surface area contributed by atoms with Gasteiger partial charge in [-0.2, -0.15) is 0 Å². The van der Waals surface area contributed by atoms with Crippen molar-refractivity contribution in [3.05, 3.63) is 59.7 Å². The monoisotopic (exact) mass is 272 g/mol. The van der Waals surface area contributed by atoms with Crippen molar-refractivity contribution in [1.29, 1.82) is 0 Å². The zero-order valence-electron chi connectivity index (χ0n) is 12.1. The number of rotatable bonds is 5. The van der Waals surface area contributed by atoms with Crippen LogP contribution in [0.3, 0.4) is 0 Å². The maximum Gasteiger partial charge on any atom is 0.161 e. The lowest BCUT2D eigenvalue weighted by Crippen LogP contribution is -2.29. The number of aryl methyl sites for hydroxylation is 1. The normalized spacial score (nSPS) is 13.6. The fraction of sp³-hybridized carbons (Fsp3) is 0.294. The van der Waals surface area contributed by atoms with Crippen LogP contribution in [-0.4, -0.2) is 18.8 Å². The van der Waals surface area contributed by atoms with Crippen LogP contribution in [0.1, 0.15) is 18.1 Å². The molecule has 0 heterocycles. The molecule has 2 rings (SSSR count). The summed E-state index contributed by atoms with van der Waals surface area (Å²) >= 11 is 0. The zero-order valence-corrected chi connectivity index (χ0v) is 12.1. The van der Waals surface area contributed by atoms with E-state index < -0.39 is 5.60 Å². The van der Waals surface area contributed by atoms with E-state index in [1.54, 1.807) is 14.0 Å². The first-order valence-corrected chi connectivity index (χ1v) is 6.58. The van der Waals surface area contributed by atoms with Crippen molar-refractivity contribution < 1.29 is 14.6 Å². The average Bonchev–Trinajstić information content (AvgIpc) is 2.46. The molecule has 0 spiro atoms. The van der Waals surface area contributed by atoms with Gasteiger partial charge in [-0.25, -0.2) is 0 Å². The minimum absolute atomic E-state index is 0.163. The molecular weight excluding hydrogens is 252 g/mol. The van der Waals surface area contributed by atoms with E-state index in [0.717, 1.165) is 11.1 Å². The maximum absolute atomic E-state index is 10.5. The summed E-state index contributed by atoms with van der Waals surface area (Å²) in [6, 6.07) is 15.2. The van der Waals surface area contributed by atoms with Crippen molar-refractivity contribution in [2.45, 2.75) is 19.4 Å². The van der Waals surface area contributed by atoms with Gasteiger partial charge < -0.3 is 14.6 Å². The summed E-state index contributed by atoms with van der Waals surface area (Å²) in [6.07, 6.45) is 0. The lowest BCUT2D eigenvalue weighted by Gasteiger charge is -2.24. The van der Waals surface area contributed by atoms with E-state index in [4.69, 9.17) is 9.47 Å². The fourth-order valence-corrected chi connectivity index (χ4v) is 1.99. The van der Waals surface area contributed by atoms with Gasteiger partial charge in [0.2, 0.25) is 0 Å². The van der Waals surface area contributed by atoms with Crippen LogP contribution >= 0.6 is 0 Å². The third-order valence-corrected chi connectivity index (χ3v) is 3.22. The third-order valence-electron chi connectivity index (χ3n) is 3.22. The molecule has 0 aliphatic heterocycles. The van der Waals surface area contributed by atoms with Gasteiger partial charge in [-0.05, 0) is 37.1 Å². The number of hydrogen-bond acceptors (Lipinski definition) is 3. The van der Waals surface area contributed by atoms with Crippen molar-refractivity contribution >= 4 is 0 Å². The summed E-state index contributed by atoms with van der Waals surface area (Å²) < 4.78 is 11.0. The molecule has 3 nitrogen and oxygen atoms in total. The first-order valence-electron chi connectivity index (χ1n) is 6.58. The molecule has 0 bridgehead atoms. The SMILES string of the molecule is COc1cc(C)ccc1OCC(C)(O)c1ccccc1. The molecule has 2 aromatic carbocycles. The molecule has 0 saturated heterocycles. The predicted octanol–water partition coefficient (Wildman–Crippen LogP) is 3.29. The minimum Gasteiger partial charge on any atom is -0.493 e. The maximum atomic E-state index is 10.5. The van der Waals surface area contributed by atoms with Gasteiger partial charge in [0.1, 0.15) is 12.2 Å². The molecule has 0 saturated carbocycles. The highest BCUT2D eigenvalue weighted by Crippen LogP contribution is 2.30. The standard InChI is InChI=1S/C17H20O3/c1-13-9-10-15(16(11-13)19-3)20-12-17(2,18)14-7-5-4-6-8-14/h4-11,18H,12H2,1-3H3. The fourth-order valence-electron chi connectivity index (χ4n) is 1.99. The summed E-state index contributed by atoms with van der Waals surface area (Å²) in [5.74, 6) is 1.31. The van der Waals surface area contributed by atoms with E-state index in [9.17, 15) is 5.11 Å². The summed E-state index contributed by atoms with van der Waals surface area (Å²) in [4.78, 5) is 0. The number of ether oxygens (including phenoxy) is 2. The largest absolute Gasteiger partial charge is 0.493 e. The van der Waals surface area contributed by atoms with Crippen LogP contribution in [0.2, 0.25) is 0 Å². The van der Waals surface area contributed by atoms with Crippen molar-refractivity contribution in [3.8, 4) is 11.5 Å². The minimum atomic E-state index is -1.04. The first-order chi connectivity index (χ1) is 9.53. The van der Waals surface area contributed by atoms with E-state index in [0.29, 0.717) is 11.5 Å². The Kier molecular flexibility index (Phi) is 4.30. The van der Waals surface area contributed by atoms with Crippen molar-refractivity contribution in [2.75, 3.05) is 13.7 Å². The predicted molar refractivity (Wildman–Crippen MR) is 79.2 cm³/mol. The van der Waals surface area contributed by atoms with Gasteiger partial charge in [0.05, 0.1) is 7.11 Å². The second-order valence-corrected chi connectivity index (χ2v) is 5.08. The highest BCUT2D eigenvalue weighted by Gasteiger charge is 2.24. The van der Waals surface area contributed by atoms with E-state index >= 15 is 0 Å². The van der Waals surface area contributed by atoms with E-state index in [1.807, 2.05) is 55.5 Å². The molecule has 106 valence electrons. The van der Waals surface area contributed by atoms with Crippen molar-refractivity contribution in [3.63, 3.8) is 0 Å². The van der Waals surface area contributed by atoms with Gasteiger partial charge in [0.15, 0.2) is 11.5 Å². The molecule has 20 heavy (non-hydrogen) atoms. The quantitative estimate of drug-likeness (QED) is 0.907. The van der Waals surface area contributed by atoms with Crippen molar-refractivity contribution in [1.82, 2.24) is 0 Å².